The second-order valence-corrected chi connectivity index (χ2v) is 11.4. The lowest BCUT2D eigenvalue weighted by atomic mass is 9.98. The van der Waals surface area contributed by atoms with Crippen LogP contribution < -0.4 is 0 Å². The molecule has 1 rings (SSSR count). The van der Waals surface area contributed by atoms with Crippen molar-refractivity contribution in [2.45, 2.75) is 51.2 Å². The van der Waals surface area contributed by atoms with Crippen molar-refractivity contribution < 1.29 is 8.82 Å². The summed E-state index contributed by atoms with van der Waals surface area (Å²) < 4.78 is 19.0. The molecule has 0 aromatic heterocycles. The van der Waals surface area contributed by atoms with Crippen LogP contribution in [0.4, 0.5) is 4.39 Å². The summed E-state index contributed by atoms with van der Waals surface area (Å²) in [5.74, 6) is -0.511. The van der Waals surface area contributed by atoms with Crippen LogP contribution in [0.1, 0.15) is 38.7 Å². The minimum atomic E-state index is -1.76. The van der Waals surface area contributed by atoms with Crippen LogP contribution in [0.3, 0.4) is 0 Å². The second-order valence-electron chi connectivity index (χ2n) is 6.63. The van der Waals surface area contributed by atoms with Gasteiger partial charge in [0.1, 0.15) is 5.82 Å². The van der Waals surface area contributed by atoms with Crippen LogP contribution in [0.5, 0.6) is 0 Å². The first kappa shape index (κ1) is 16.9. The molecule has 0 heterocycles. The summed E-state index contributed by atoms with van der Waals surface area (Å²) in [4.78, 5) is 0. The highest BCUT2D eigenvalue weighted by atomic mass is 28.4. The van der Waals surface area contributed by atoms with E-state index in [0.717, 1.165) is 5.56 Å². The summed E-state index contributed by atoms with van der Waals surface area (Å²) in [7, 11) is -1.76. The topological polar surface area (TPSA) is 33.0 Å². The van der Waals surface area contributed by atoms with Gasteiger partial charge in [0.25, 0.3) is 0 Å². The third-order valence-corrected chi connectivity index (χ3v) is 8.64. The fourth-order valence-electron chi connectivity index (χ4n) is 1.65. The molecule has 1 aromatic carbocycles. The van der Waals surface area contributed by atoms with Gasteiger partial charge in [-0.3, -0.25) is 0 Å². The molecule has 0 saturated heterocycles. The summed E-state index contributed by atoms with van der Waals surface area (Å²) in [6.45, 7) is 11.6. The number of rotatable bonds is 5. The van der Waals surface area contributed by atoms with Crippen molar-refractivity contribution >= 4 is 8.32 Å². The van der Waals surface area contributed by atoms with Gasteiger partial charge in [-0.05, 0) is 42.2 Å². The largest absolute Gasteiger partial charge is 0.417 e. The standard InChI is InChI=1S/C16H24FNOSi/c1-16(2,3)20(4,5)19-11-10-14(12-18)13-6-8-15(17)9-7-13/h6-9,14H,10-11H2,1-5H3. The molecule has 0 radical (unpaired) electrons. The molecule has 0 aliphatic heterocycles. The van der Waals surface area contributed by atoms with Crippen molar-refractivity contribution in [1.29, 1.82) is 5.26 Å². The molecule has 0 fully saturated rings. The molecule has 0 saturated carbocycles. The molecule has 0 spiro atoms. The van der Waals surface area contributed by atoms with Crippen molar-refractivity contribution in [2.75, 3.05) is 6.61 Å². The number of benzene rings is 1. The van der Waals surface area contributed by atoms with E-state index in [-0.39, 0.29) is 16.8 Å². The molecule has 0 aliphatic rings. The molecule has 4 heteroatoms. The minimum Gasteiger partial charge on any atom is -0.417 e. The van der Waals surface area contributed by atoms with Gasteiger partial charge in [-0.2, -0.15) is 5.26 Å². The zero-order chi connectivity index (χ0) is 15.4. The Hall–Kier alpha value is -1.18. The number of hydrogen-bond donors (Lipinski definition) is 0. The van der Waals surface area contributed by atoms with E-state index in [1.165, 1.54) is 12.1 Å². The molecule has 20 heavy (non-hydrogen) atoms. The highest BCUT2D eigenvalue weighted by Gasteiger charge is 2.37. The first-order chi connectivity index (χ1) is 9.17. The quantitative estimate of drug-likeness (QED) is 0.727. The summed E-state index contributed by atoms with van der Waals surface area (Å²) >= 11 is 0. The summed E-state index contributed by atoms with van der Waals surface area (Å²) in [6, 6.07) is 8.42. The Morgan fingerprint density at radius 1 is 1.25 bits per heavy atom. The third-order valence-electron chi connectivity index (χ3n) is 4.10. The van der Waals surface area contributed by atoms with Crippen LogP contribution in [0.25, 0.3) is 0 Å². The van der Waals surface area contributed by atoms with Gasteiger partial charge in [0, 0.05) is 6.61 Å². The van der Waals surface area contributed by atoms with Crippen molar-refractivity contribution in [3.05, 3.63) is 35.6 Å². The molecule has 0 amide bonds. The van der Waals surface area contributed by atoms with Gasteiger partial charge in [-0.1, -0.05) is 32.9 Å². The fraction of sp³-hybridized carbons (Fsp3) is 0.562. The molecular formula is C16H24FNOSi. The fourth-order valence-corrected chi connectivity index (χ4v) is 2.71. The van der Waals surface area contributed by atoms with Crippen molar-refractivity contribution in [1.82, 2.24) is 0 Å². The molecule has 1 atom stereocenters. The number of halogens is 1. The van der Waals surface area contributed by atoms with Crippen molar-refractivity contribution in [3.63, 3.8) is 0 Å². The maximum absolute atomic E-state index is 12.9. The number of nitrogens with zero attached hydrogens (tertiary/aromatic N) is 1. The zero-order valence-electron chi connectivity index (χ0n) is 13.0. The zero-order valence-corrected chi connectivity index (χ0v) is 14.0. The Morgan fingerprint density at radius 3 is 2.25 bits per heavy atom. The van der Waals surface area contributed by atoms with E-state index < -0.39 is 8.32 Å². The predicted octanol–water partition coefficient (Wildman–Crippen LogP) is 4.84. The molecule has 1 aromatic rings. The summed E-state index contributed by atoms with van der Waals surface area (Å²) in [6.07, 6.45) is 0.647. The average molecular weight is 293 g/mol. The Balaban J connectivity index is 2.60. The Kier molecular flexibility index (Phi) is 5.49. The normalized spacial score (nSPS) is 13.8. The monoisotopic (exact) mass is 293 g/mol. The Labute approximate surface area is 122 Å². The predicted molar refractivity (Wildman–Crippen MR) is 82.5 cm³/mol. The maximum atomic E-state index is 12.9. The highest BCUT2D eigenvalue weighted by Crippen LogP contribution is 2.36. The average Bonchev–Trinajstić information content (AvgIpc) is 2.34. The summed E-state index contributed by atoms with van der Waals surface area (Å²) in [5.41, 5.74) is 0.854. The highest BCUT2D eigenvalue weighted by molar-refractivity contribution is 6.74. The molecule has 0 N–H and O–H groups in total. The molecule has 110 valence electrons. The van der Waals surface area contributed by atoms with Gasteiger partial charge in [-0.15, -0.1) is 0 Å². The van der Waals surface area contributed by atoms with E-state index in [9.17, 15) is 9.65 Å². The molecule has 0 aliphatic carbocycles. The Morgan fingerprint density at radius 2 is 1.80 bits per heavy atom. The second kappa shape index (κ2) is 6.51. The van der Waals surface area contributed by atoms with E-state index in [1.54, 1.807) is 12.1 Å². The molecule has 2 nitrogen and oxygen atoms in total. The van der Waals surface area contributed by atoms with Crippen LogP contribution >= 0.6 is 0 Å². The van der Waals surface area contributed by atoms with E-state index in [2.05, 4.69) is 39.9 Å². The van der Waals surface area contributed by atoms with Crippen LogP contribution in [-0.4, -0.2) is 14.9 Å². The van der Waals surface area contributed by atoms with E-state index in [1.807, 2.05) is 0 Å². The van der Waals surface area contributed by atoms with Crippen LogP contribution in [0, 0.1) is 17.1 Å². The van der Waals surface area contributed by atoms with Crippen LogP contribution in [0.2, 0.25) is 18.1 Å². The maximum Gasteiger partial charge on any atom is 0.191 e. The van der Waals surface area contributed by atoms with Gasteiger partial charge < -0.3 is 4.43 Å². The van der Waals surface area contributed by atoms with Crippen molar-refractivity contribution in [3.8, 4) is 6.07 Å². The minimum absolute atomic E-state index is 0.172. The SMILES string of the molecule is CC(C)(C)[Si](C)(C)OCCC(C#N)c1ccc(F)cc1. The van der Waals surface area contributed by atoms with E-state index in [0.29, 0.717) is 13.0 Å². The first-order valence-electron chi connectivity index (χ1n) is 6.96. The first-order valence-corrected chi connectivity index (χ1v) is 9.87. The Bertz CT molecular complexity index is 471. The van der Waals surface area contributed by atoms with Gasteiger partial charge in [0.15, 0.2) is 8.32 Å². The lowest BCUT2D eigenvalue weighted by Crippen LogP contribution is -2.41. The summed E-state index contributed by atoms with van der Waals surface area (Å²) in [5, 5.41) is 9.42. The van der Waals surface area contributed by atoms with Gasteiger partial charge >= 0.3 is 0 Å². The van der Waals surface area contributed by atoms with Crippen LogP contribution in [0.15, 0.2) is 24.3 Å². The molecule has 0 bridgehead atoms. The molecule has 1 unspecified atom stereocenters. The lowest BCUT2D eigenvalue weighted by molar-refractivity contribution is 0.278. The van der Waals surface area contributed by atoms with E-state index >= 15 is 0 Å². The van der Waals surface area contributed by atoms with Gasteiger partial charge in [0.2, 0.25) is 0 Å². The smallest absolute Gasteiger partial charge is 0.191 e. The van der Waals surface area contributed by atoms with Crippen LogP contribution in [-0.2, 0) is 4.43 Å². The van der Waals surface area contributed by atoms with E-state index in [4.69, 9.17) is 4.43 Å². The number of nitriles is 1. The molecular weight excluding hydrogens is 269 g/mol. The number of hydrogen-bond acceptors (Lipinski definition) is 2. The van der Waals surface area contributed by atoms with Gasteiger partial charge in [-0.25, -0.2) is 4.39 Å². The third kappa shape index (κ3) is 4.43. The lowest BCUT2D eigenvalue weighted by Gasteiger charge is -2.36. The van der Waals surface area contributed by atoms with Crippen molar-refractivity contribution in [2.24, 2.45) is 0 Å². The van der Waals surface area contributed by atoms with Gasteiger partial charge in [0.05, 0.1) is 12.0 Å².